The van der Waals surface area contributed by atoms with E-state index in [0.717, 1.165) is 28.4 Å². The lowest BCUT2D eigenvalue weighted by Gasteiger charge is -2.27. The molecule has 0 aliphatic carbocycles. The van der Waals surface area contributed by atoms with Crippen molar-refractivity contribution < 1.29 is 22.8 Å². The Balaban J connectivity index is 2.27. The second-order valence-corrected chi connectivity index (χ2v) is 14.2. The summed E-state index contributed by atoms with van der Waals surface area (Å²) in [7, 11) is -3.47. The summed E-state index contributed by atoms with van der Waals surface area (Å²) in [6.45, 7) is 8.00. The lowest BCUT2D eigenvalue weighted by atomic mass is 9.98. The first kappa shape index (κ1) is 38.0. The minimum absolute atomic E-state index is 0.0108. The Kier molecular flexibility index (Phi) is 15.4. The van der Waals surface area contributed by atoms with Crippen molar-refractivity contribution in [2.75, 3.05) is 6.26 Å². The Hall–Kier alpha value is -4.19. The fourth-order valence-electron chi connectivity index (χ4n) is 4.79. The third-order valence-electron chi connectivity index (χ3n) is 7.05. The van der Waals surface area contributed by atoms with Crippen LogP contribution in [0.15, 0.2) is 71.2 Å². The van der Waals surface area contributed by atoms with E-state index in [9.17, 15) is 22.8 Å². The molecule has 2 rings (SSSR count). The van der Waals surface area contributed by atoms with Gasteiger partial charge >= 0.3 is 0 Å². The van der Waals surface area contributed by atoms with Crippen molar-refractivity contribution in [3.8, 4) is 0 Å². The average Bonchev–Trinajstić information content (AvgIpc) is 2.99. The van der Waals surface area contributed by atoms with Gasteiger partial charge in [-0.25, -0.2) is 8.42 Å². The molecule has 0 saturated carbocycles. The largest absolute Gasteiger partial charge is 0.348 e. The van der Waals surface area contributed by atoms with E-state index >= 15 is 0 Å². The highest BCUT2D eigenvalue weighted by Crippen LogP contribution is 2.13. The molecule has 0 aromatic heterocycles. The zero-order valence-electron chi connectivity index (χ0n) is 27.2. The van der Waals surface area contributed by atoms with Gasteiger partial charge < -0.3 is 21.7 Å². The van der Waals surface area contributed by atoms with Gasteiger partial charge in [0, 0.05) is 23.1 Å². The topological polar surface area (TPSA) is 196 Å². The molecule has 2 aromatic carbocycles. The van der Waals surface area contributed by atoms with Crippen molar-refractivity contribution in [2.45, 2.75) is 84.1 Å². The molecule has 0 aliphatic heterocycles. The smallest absolute Gasteiger partial charge is 0.243 e. The first-order valence-corrected chi connectivity index (χ1v) is 17.3. The molecule has 0 saturated heterocycles. The van der Waals surface area contributed by atoms with Crippen LogP contribution in [0.2, 0.25) is 0 Å². The molecule has 0 aliphatic rings. The summed E-state index contributed by atoms with van der Waals surface area (Å²) in [4.78, 5) is 43.3. The maximum absolute atomic E-state index is 13.6. The number of benzene rings is 2. The molecule has 13 heteroatoms. The summed E-state index contributed by atoms with van der Waals surface area (Å²) in [5, 5.41) is 13.2. The van der Waals surface area contributed by atoms with Crippen LogP contribution in [-0.4, -0.2) is 56.6 Å². The molecule has 2 aromatic rings. The van der Waals surface area contributed by atoms with E-state index in [2.05, 4.69) is 26.0 Å². The first-order chi connectivity index (χ1) is 21.7. The quantitative estimate of drug-likeness (QED) is 0.107. The summed E-state index contributed by atoms with van der Waals surface area (Å²) < 4.78 is 23.8. The van der Waals surface area contributed by atoms with Gasteiger partial charge in [-0.1, -0.05) is 93.5 Å². The van der Waals surface area contributed by atoms with Crippen molar-refractivity contribution in [1.82, 2.24) is 16.0 Å². The minimum Gasteiger partial charge on any atom is -0.348 e. The number of carbonyl (C=O) groups excluding carboxylic acids is 3. The highest BCUT2D eigenvalue weighted by molar-refractivity contribution is 7.93. The number of nitrogens with zero attached hydrogens (tertiary/aromatic N) is 3. The molecule has 4 atom stereocenters. The normalized spacial score (nSPS) is 14.3. The van der Waals surface area contributed by atoms with Crippen LogP contribution >= 0.6 is 0 Å². The number of hydrogen-bond acceptors (Lipinski definition) is 7. The predicted molar refractivity (Wildman–Crippen MR) is 180 cm³/mol. The number of nitrogens with one attached hydrogen (secondary N) is 3. The summed E-state index contributed by atoms with van der Waals surface area (Å²) >= 11 is 0. The van der Waals surface area contributed by atoms with Gasteiger partial charge in [-0.15, -0.1) is 0 Å². The Bertz CT molecular complexity index is 1470. The van der Waals surface area contributed by atoms with E-state index in [1.807, 2.05) is 82.3 Å². The van der Waals surface area contributed by atoms with Gasteiger partial charge in [-0.2, -0.15) is 0 Å². The van der Waals surface area contributed by atoms with Crippen LogP contribution in [-0.2, 0) is 43.6 Å². The molecule has 12 nitrogen and oxygen atoms in total. The van der Waals surface area contributed by atoms with Crippen molar-refractivity contribution in [3.63, 3.8) is 0 Å². The molecule has 5 N–H and O–H groups in total. The highest BCUT2D eigenvalue weighted by atomic mass is 32.2. The molecular formula is C33H47N7O5S. The third-order valence-corrected chi connectivity index (χ3v) is 7.70. The van der Waals surface area contributed by atoms with Crippen LogP contribution in [0.4, 0.5) is 0 Å². The van der Waals surface area contributed by atoms with Crippen molar-refractivity contribution in [1.29, 1.82) is 0 Å². The van der Waals surface area contributed by atoms with E-state index in [4.69, 9.17) is 11.3 Å². The number of sulfone groups is 1. The monoisotopic (exact) mass is 653 g/mol. The second-order valence-electron chi connectivity index (χ2n) is 12.3. The van der Waals surface area contributed by atoms with E-state index in [-0.39, 0.29) is 24.7 Å². The van der Waals surface area contributed by atoms with Gasteiger partial charge in [0.1, 0.15) is 18.1 Å². The fourth-order valence-corrected chi connectivity index (χ4v) is 5.26. The Morgan fingerprint density at radius 2 is 1.30 bits per heavy atom. The summed E-state index contributed by atoms with van der Waals surface area (Å²) in [5.41, 5.74) is 17.4. The van der Waals surface area contributed by atoms with E-state index in [0.29, 0.717) is 19.4 Å². The first-order valence-electron chi connectivity index (χ1n) is 15.4. The van der Waals surface area contributed by atoms with Gasteiger partial charge in [0.2, 0.25) is 17.7 Å². The van der Waals surface area contributed by atoms with Crippen LogP contribution in [0.1, 0.15) is 57.2 Å². The molecule has 0 radical (unpaired) electrons. The molecule has 0 spiro atoms. The van der Waals surface area contributed by atoms with Gasteiger partial charge in [0.25, 0.3) is 0 Å². The molecular weight excluding hydrogens is 606 g/mol. The number of carbonyl (C=O) groups is 3. The minimum atomic E-state index is -3.47. The van der Waals surface area contributed by atoms with Gasteiger partial charge in [-0.3, -0.25) is 14.4 Å². The average molecular weight is 654 g/mol. The Labute approximate surface area is 272 Å². The maximum atomic E-state index is 13.6. The lowest BCUT2D eigenvalue weighted by molar-refractivity contribution is -0.133. The summed E-state index contributed by atoms with van der Waals surface area (Å²) in [6.07, 6.45) is 3.52. The highest BCUT2D eigenvalue weighted by Gasteiger charge is 2.30. The molecule has 0 fully saturated rings. The molecule has 250 valence electrons. The SMILES string of the molecule is CC(C)C[C@H](NC(=O)C(Cc1ccccc1)N=[N+]=[N-])C(=O)N[C@@H](CC(C)C)C(=O)N[C@H](/C=C/S(C)(=O)=O)Cc1ccc(CN)cc1. The van der Waals surface area contributed by atoms with Gasteiger partial charge in [0.05, 0.1) is 6.04 Å². The van der Waals surface area contributed by atoms with Crippen LogP contribution in [0.25, 0.3) is 10.4 Å². The van der Waals surface area contributed by atoms with Crippen molar-refractivity contribution in [2.24, 2.45) is 22.7 Å². The predicted octanol–water partition coefficient (Wildman–Crippen LogP) is 3.71. The van der Waals surface area contributed by atoms with Crippen LogP contribution in [0, 0.1) is 11.8 Å². The number of rotatable bonds is 18. The van der Waals surface area contributed by atoms with Crippen molar-refractivity contribution in [3.05, 3.63) is 93.2 Å². The zero-order chi connectivity index (χ0) is 34.3. The standard InChI is InChI=1S/C33H47N7O5S/c1-22(2)17-28(31(41)36-27(15-16-46(5,44)45)19-25-11-13-26(21-34)14-12-25)37-32(42)29(18-23(3)4)38-33(43)30(39-40-35)20-24-9-7-6-8-10-24/h6-16,22-23,27-30H,17-21,34H2,1-5H3,(H,36,41)(H,37,42)(H,38,43)/b16-15+/t27-,28+,29+,30?/m1/s1. The van der Waals surface area contributed by atoms with Crippen LogP contribution < -0.4 is 21.7 Å². The molecule has 1 unspecified atom stereocenters. The summed E-state index contributed by atoms with van der Waals surface area (Å²) in [6, 6.07) is 12.8. The number of hydrogen-bond donors (Lipinski definition) is 4. The van der Waals surface area contributed by atoms with E-state index < -0.39 is 51.7 Å². The van der Waals surface area contributed by atoms with E-state index in [1.165, 1.54) is 6.08 Å². The number of amides is 3. The van der Waals surface area contributed by atoms with Crippen molar-refractivity contribution >= 4 is 27.6 Å². The number of nitrogens with two attached hydrogens (primary N) is 1. The second kappa shape index (κ2) is 18.7. The maximum Gasteiger partial charge on any atom is 0.243 e. The number of azide groups is 1. The Morgan fingerprint density at radius 3 is 1.80 bits per heavy atom. The summed E-state index contributed by atoms with van der Waals surface area (Å²) in [5.74, 6) is -1.61. The molecule has 0 heterocycles. The Morgan fingerprint density at radius 1 is 0.804 bits per heavy atom. The lowest BCUT2D eigenvalue weighted by Crippen LogP contribution is -2.56. The van der Waals surface area contributed by atoms with Gasteiger partial charge in [-0.05, 0) is 59.7 Å². The molecule has 3 amide bonds. The van der Waals surface area contributed by atoms with Gasteiger partial charge in [0.15, 0.2) is 9.84 Å². The third kappa shape index (κ3) is 14.3. The van der Waals surface area contributed by atoms with Crippen LogP contribution in [0.3, 0.4) is 0 Å². The van der Waals surface area contributed by atoms with Crippen LogP contribution in [0.5, 0.6) is 0 Å². The molecule has 46 heavy (non-hydrogen) atoms. The zero-order valence-corrected chi connectivity index (χ0v) is 28.0. The molecule has 0 bridgehead atoms. The fraction of sp³-hybridized carbons (Fsp3) is 0.485. The van der Waals surface area contributed by atoms with E-state index in [1.54, 1.807) is 0 Å².